The minimum atomic E-state index is -1.41. The molecule has 0 amide bonds. The number of rotatable bonds is 4. The Bertz CT molecular complexity index is 1470. The molecule has 2 aliphatic rings. The molecule has 1 heterocycles. The summed E-state index contributed by atoms with van der Waals surface area (Å²) >= 11 is 0. The molecule has 0 saturated carbocycles. The van der Waals surface area contributed by atoms with E-state index in [2.05, 4.69) is 0 Å². The van der Waals surface area contributed by atoms with E-state index in [0.29, 0.717) is 0 Å². The van der Waals surface area contributed by atoms with Crippen molar-refractivity contribution in [2.45, 2.75) is 10.8 Å². The number of carbonyl (C=O) groups is 2. The molecule has 2 unspecified atom stereocenters. The average molecular weight is 455 g/mol. The highest BCUT2D eigenvalue weighted by molar-refractivity contribution is 6.23. The lowest BCUT2D eigenvalue weighted by Crippen LogP contribution is -2.53. The molecule has 0 spiro atoms. The zero-order chi connectivity index (χ0) is 23.9. The third kappa shape index (κ3) is 2.85. The van der Waals surface area contributed by atoms with Gasteiger partial charge in [-0.3, -0.25) is 9.59 Å². The zero-order valence-corrected chi connectivity index (χ0v) is 18.9. The standard InChI is InChI=1S/C32H22O3/c33-29-31(25-17-9-3-10-18-25)22-21-27(23-13-5-1-6-14-23)28(24-15-7-2-8-16-24)32(31,30(34)35-29)26-19-11-4-12-20-26/h1-22H. The first kappa shape index (κ1) is 21.1. The van der Waals surface area contributed by atoms with Gasteiger partial charge in [0.15, 0.2) is 0 Å². The molecule has 0 radical (unpaired) electrons. The second-order valence-electron chi connectivity index (χ2n) is 8.82. The summed E-state index contributed by atoms with van der Waals surface area (Å²) in [5.41, 5.74) is 2.16. The second kappa shape index (κ2) is 8.07. The van der Waals surface area contributed by atoms with E-state index in [1.807, 2.05) is 133 Å². The molecule has 4 aromatic carbocycles. The van der Waals surface area contributed by atoms with E-state index in [4.69, 9.17) is 4.74 Å². The maximum Gasteiger partial charge on any atom is 0.330 e. The molecule has 3 nitrogen and oxygen atoms in total. The van der Waals surface area contributed by atoms with Crippen LogP contribution in [-0.4, -0.2) is 11.9 Å². The molecule has 168 valence electrons. The number of hydrogen-bond acceptors (Lipinski definition) is 3. The molecule has 1 aliphatic heterocycles. The highest BCUT2D eigenvalue weighted by atomic mass is 16.6. The van der Waals surface area contributed by atoms with Crippen LogP contribution in [0.5, 0.6) is 0 Å². The van der Waals surface area contributed by atoms with Crippen LogP contribution in [0.3, 0.4) is 0 Å². The van der Waals surface area contributed by atoms with Gasteiger partial charge in [0.1, 0.15) is 10.8 Å². The van der Waals surface area contributed by atoms with E-state index in [9.17, 15) is 9.59 Å². The van der Waals surface area contributed by atoms with Crippen molar-refractivity contribution in [3.63, 3.8) is 0 Å². The van der Waals surface area contributed by atoms with E-state index >= 15 is 0 Å². The summed E-state index contributed by atoms with van der Waals surface area (Å²) in [7, 11) is 0. The quantitative estimate of drug-likeness (QED) is 0.275. The number of carbonyl (C=O) groups excluding carboxylic acids is 2. The van der Waals surface area contributed by atoms with Crippen molar-refractivity contribution in [3.8, 4) is 0 Å². The van der Waals surface area contributed by atoms with Gasteiger partial charge >= 0.3 is 11.9 Å². The minimum Gasteiger partial charge on any atom is -0.391 e. The Morgan fingerprint density at radius 2 is 1.00 bits per heavy atom. The largest absolute Gasteiger partial charge is 0.391 e. The number of hydrogen-bond donors (Lipinski definition) is 0. The Labute approximate surface area is 204 Å². The van der Waals surface area contributed by atoms with E-state index < -0.39 is 22.8 Å². The summed E-state index contributed by atoms with van der Waals surface area (Å²) in [6, 6.07) is 38.9. The monoisotopic (exact) mass is 454 g/mol. The molecule has 1 aliphatic carbocycles. The Hall–Kier alpha value is -4.50. The molecule has 2 atom stereocenters. The highest BCUT2D eigenvalue weighted by Gasteiger charge is 2.72. The molecule has 3 heteroatoms. The maximum absolute atomic E-state index is 14.2. The van der Waals surface area contributed by atoms with Crippen LogP contribution in [0.25, 0.3) is 11.1 Å². The van der Waals surface area contributed by atoms with Gasteiger partial charge < -0.3 is 4.74 Å². The summed E-state index contributed by atoms with van der Waals surface area (Å²) in [5.74, 6) is -1.12. The van der Waals surface area contributed by atoms with Gasteiger partial charge in [0, 0.05) is 0 Å². The number of ether oxygens (including phenoxy) is 1. The first-order chi connectivity index (χ1) is 17.2. The lowest BCUT2D eigenvalue weighted by molar-refractivity contribution is -0.153. The molecule has 1 saturated heterocycles. The van der Waals surface area contributed by atoms with Crippen LogP contribution in [-0.2, 0) is 25.2 Å². The van der Waals surface area contributed by atoms with Gasteiger partial charge in [-0.05, 0) is 33.4 Å². The SMILES string of the molecule is O=C1OC(=O)C2(c3ccccc3)C(c3ccccc3)=C(c3ccccc3)C=CC12c1ccccc1. The van der Waals surface area contributed by atoms with Crippen LogP contribution in [0.2, 0.25) is 0 Å². The van der Waals surface area contributed by atoms with Crippen molar-refractivity contribution in [1.82, 2.24) is 0 Å². The molecule has 1 fully saturated rings. The number of esters is 2. The van der Waals surface area contributed by atoms with Crippen molar-refractivity contribution in [3.05, 3.63) is 156 Å². The van der Waals surface area contributed by atoms with Gasteiger partial charge in [-0.1, -0.05) is 133 Å². The molecule has 4 aromatic rings. The molecular formula is C32H22O3. The number of benzene rings is 4. The maximum atomic E-state index is 14.2. The lowest BCUT2D eigenvalue weighted by atomic mass is 9.51. The van der Waals surface area contributed by atoms with Crippen molar-refractivity contribution >= 4 is 23.1 Å². The number of allylic oxidation sites excluding steroid dienone is 2. The summed E-state index contributed by atoms with van der Waals surface area (Å²) < 4.78 is 5.60. The fraction of sp³-hybridized carbons (Fsp3) is 0.0625. The van der Waals surface area contributed by atoms with Crippen LogP contribution in [0, 0.1) is 0 Å². The lowest BCUT2D eigenvalue weighted by Gasteiger charge is -2.44. The van der Waals surface area contributed by atoms with Gasteiger partial charge in [-0.15, -0.1) is 0 Å². The Morgan fingerprint density at radius 1 is 0.514 bits per heavy atom. The van der Waals surface area contributed by atoms with Gasteiger partial charge in [0.05, 0.1) is 0 Å². The molecule has 35 heavy (non-hydrogen) atoms. The Morgan fingerprint density at radius 3 is 1.57 bits per heavy atom. The zero-order valence-electron chi connectivity index (χ0n) is 18.9. The molecule has 0 bridgehead atoms. The van der Waals surface area contributed by atoms with Crippen LogP contribution in [0.15, 0.2) is 133 Å². The molecule has 6 rings (SSSR count). The van der Waals surface area contributed by atoms with E-state index in [1.54, 1.807) is 0 Å². The van der Waals surface area contributed by atoms with Crippen LogP contribution >= 0.6 is 0 Å². The average Bonchev–Trinajstić information content (AvgIpc) is 3.17. The van der Waals surface area contributed by atoms with Gasteiger partial charge in [-0.25, -0.2) is 0 Å². The first-order valence-electron chi connectivity index (χ1n) is 11.6. The first-order valence-corrected chi connectivity index (χ1v) is 11.6. The van der Waals surface area contributed by atoms with Crippen molar-refractivity contribution in [2.24, 2.45) is 0 Å². The third-order valence-electron chi connectivity index (χ3n) is 7.13. The van der Waals surface area contributed by atoms with Gasteiger partial charge in [-0.2, -0.15) is 0 Å². The Kier molecular flexibility index (Phi) is 4.85. The van der Waals surface area contributed by atoms with Crippen molar-refractivity contribution in [1.29, 1.82) is 0 Å². The van der Waals surface area contributed by atoms with E-state index in [-0.39, 0.29) is 0 Å². The van der Waals surface area contributed by atoms with Gasteiger partial charge in [0.25, 0.3) is 0 Å². The smallest absolute Gasteiger partial charge is 0.330 e. The van der Waals surface area contributed by atoms with Crippen molar-refractivity contribution < 1.29 is 14.3 Å². The number of fused-ring (bicyclic) bond motifs is 1. The van der Waals surface area contributed by atoms with E-state index in [1.165, 1.54) is 0 Å². The molecule has 0 N–H and O–H groups in total. The fourth-order valence-corrected chi connectivity index (χ4v) is 5.69. The van der Waals surface area contributed by atoms with Crippen LogP contribution in [0.4, 0.5) is 0 Å². The highest BCUT2D eigenvalue weighted by Crippen LogP contribution is 2.62. The molecule has 0 aromatic heterocycles. The van der Waals surface area contributed by atoms with Crippen LogP contribution in [0.1, 0.15) is 22.3 Å². The predicted octanol–water partition coefficient (Wildman–Crippen LogP) is 6.13. The van der Waals surface area contributed by atoms with E-state index in [0.717, 1.165) is 33.4 Å². The summed E-state index contributed by atoms with van der Waals surface area (Å²) in [6.45, 7) is 0. The van der Waals surface area contributed by atoms with Crippen LogP contribution < -0.4 is 0 Å². The normalized spacial score (nSPS) is 23.2. The second-order valence-corrected chi connectivity index (χ2v) is 8.82. The van der Waals surface area contributed by atoms with Crippen molar-refractivity contribution in [2.75, 3.05) is 0 Å². The minimum absolute atomic E-state index is 0.561. The third-order valence-corrected chi connectivity index (χ3v) is 7.13. The predicted molar refractivity (Wildman–Crippen MR) is 136 cm³/mol. The summed E-state index contributed by atoms with van der Waals surface area (Å²) in [5, 5.41) is 0. The van der Waals surface area contributed by atoms with Gasteiger partial charge in [0.2, 0.25) is 0 Å². The summed E-state index contributed by atoms with van der Waals surface area (Å²) in [6.07, 6.45) is 3.85. The topological polar surface area (TPSA) is 43.4 Å². The number of cyclic esters (lactones) is 2. The Balaban J connectivity index is 1.82. The molecular weight excluding hydrogens is 432 g/mol. The summed E-state index contributed by atoms with van der Waals surface area (Å²) in [4.78, 5) is 28.0. The fourth-order valence-electron chi connectivity index (χ4n) is 5.69.